The summed E-state index contributed by atoms with van der Waals surface area (Å²) < 4.78 is 11.1. The second-order valence-electron chi connectivity index (χ2n) is 9.55. The standard InChI is InChI=1S/C26H29N5O2/c1-19-23(29-25(33-19)20-7-14-32-17-20)16-30-11-4-8-26(18-30)9-12-31(13-10-26)24-15-27-21-5-2-3-6-22(21)28-24/h2-3,5-7,14-15,17H,4,8-13,16,18H2,1H3. The molecule has 0 unspecified atom stereocenters. The first-order valence-corrected chi connectivity index (χ1v) is 11.9. The van der Waals surface area contributed by atoms with Crippen LogP contribution < -0.4 is 4.90 Å². The lowest BCUT2D eigenvalue weighted by atomic mass is 9.72. The molecule has 2 saturated heterocycles. The van der Waals surface area contributed by atoms with Crippen LogP contribution in [0.25, 0.3) is 22.5 Å². The van der Waals surface area contributed by atoms with Gasteiger partial charge in [-0.25, -0.2) is 9.97 Å². The molecule has 170 valence electrons. The maximum absolute atomic E-state index is 5.91. The van der Waals surface area contributed by atoms with Gasteiger partial charge in [0.25, 0.3) is 0 Å². The average molecular weight is 444 g/mol. The highest BCUT2D eigenvalue weighted by molar-refractivity contribution is 5.75. The topological polar surface area (TPSA) is 71.4 Å². The maximum Gasteiger partial charge on any atom is 0.229 e. The van der Waals surface area contributed by atoms with Crippen LogP contribution in [-0.2, 0) is 6.54 Å². The molecule has 0 N–H and O–H groups in total. The highest BCUT2D eigenvalue weighted by atomic mass is 16.4. The van der Waals surface area contributed by atoms with E-state index in [1.807, 2.05) is 43.5 Å². The molecular weight excluding hydrogens is 414 g/mol. The van der Waals surface area contributed by atoms with E-state index in [0.717, 1.165) is 66.6 Å². The lowest BCUT2D eigenvalue weighted by molar-refractivity contribution is 0.0595. The van der Waals surface area contributed by atoms with Gasteiger partial charge in [-0.3, -0.25) is 9.88 Å². The van der Waals surface area contributed by atoms with Crippen LogP contribution in [0.3, 0.4) is 0 Å². The molecule has 2 aliphatic rings. The van der Waals surface area contributed by atoms with Gasteiger partial charge in [0.05, 0.1) is 34.8 Å². The highest BCUT2D eigenvalue weighted by Gasteiger charge is 2.39. The molecule has 7 nitrogen and oxygen atoms in total. The molecule has 5 heterocycles. The number of hydrogen-bond acceptors (Lipinski definition) is 7. The van der Waals surface area contributed by atoms with Gasteiger partial charge in [-0.15, -0.1) is 0 Å². The zero-order valence-corrected chi connectivity index (χ0v) is 19.0. The van der Waals surface area contributed by atoms with Gasteiger partial charge in [0, 0.05) is 26.2 Å². The summed E-state index contributed by atoms with van der Waals surface area (Å²) in [5.41, 5.74) is 4.23. The molecule has 6 rings (SSSR count). The Morgan fingerprint density at radius 1 is 1.00 bits per heavy atom. The van der Waals surface area contributed by atoms with Crippen molar-refractivity contribution < 1.29 is 8.83 Å². The summed E-state index contributed by atoms with van der Waals surface area (Å²) in [4.78, 5) is 19.2. The number of fused-ring (bicyclic) bond motifs is 1. The van der Waals surface area contributed by atoms with Gasteiger partial charge in [0.2, 0.25) is 5.89 Å². The predicted molar refractivity (Wildman–Crippen MR) is 127 cm³/mol. The minimum atomic E-state index is 0.379. The monoisotopic (exact) mass is 443 g/mol. The van der Waals surface area contributed by atoms with Gasteiger partial charge in [-0.1, -0.05) is 12.1 Å². The van der Waals surface area contributed by atoms with Gasteiger partial charge in [-0.05, 0) is 62.8 Å². The Labute approximate surface area is 193 Å². The van der Waals surface area contributed by atoms with E-state index < -0.39 is 0 Å². The van der Waals surface area contributed by atoms with Crippen molar-refractivity contribution >= 4 is 16.9 Å². The van der Waals surface area contributed by atoms with Crippen LogP contribution >= 0.6 is 0 Å². The molecule has 4 aromatic rings. The van der Waals surface area contributed by atoms with Crippen LogP contribution in [0.5, 0.6) is 0 Å². The fourth-order valence-corrected chi connectivity index (χ4v) is 5.46. The number of nitrogens with zero attached hydrogens (tertiary/aromatic N) is 5. The Kier molecular flexibility index (Phi) is 5.14. The van der Waals surface area contributed by atoms with E-state index in [9.17, 15) is 0 Å². The second-order valence-corrected chi connectivity index (χ2v) is 9.55. The van der Waals surface area contributed by atoms with Crippen LogP contribution in [0.2, 0.25) is 0 Å². The number of furan rings is 1. The summed E-state index contributed by atoms with van der Waals surface area (Å²) in [7, 11) is 0. The minimum Gasteiger partial charge on any atom is -0.472 e. The van der Waals surface area contributed by atoms with Crippen molar-refractivity contribution in [2.75, 3.05) is 31.1 Å². The minimum absolute atomic E-state index is 0.379. The fraction of sp³-hybridized carbons (Fsp3) is 0.423. The van der Waals surface area contributed by atoms with Crippen molar-refractivity contribution in [1.29, 1.82) is 0 Å². The summed E-state index contributed by atoms with van der Waals surface area (Å²) in [5, 5.41) is 0. The van der Waals surface area contributed by atoms with E-state index in [0.29, 0.717) is 11.3 Å². The highest BCUT2D eigenvalue weighted by Crippen LogP contribution is 2.41. The Balaban J connectivity index is 1.12. The quantitative estimate of drug-likeness (QED) is 0.436. The van der Waals surface area contributed by atoms with Crippen LogP contribution in [0.1, 0.15) is 37.1 Å². The van der Waals surface area contributed by atoms with E-state index in [-0.39, 0.29) is 0 Å². The molecule has 1 aromatic carbocycles. The van der Waals surface area contributed by atoms with Crippen LogP contribution in [0, 0.1) is 12.3 Å². The molecule has 0 saturated carbocycles. The fourth-order valence-electron chi connectivity index (χ4n) is 5.46. The molecule has 0 aliphatic carbocycles. The van der Waals surface area contributed by atoms with Crippen molar-refractivity contribution in [3.63, 3.8) is 0 Å². The largest absolute Gasteiger partial charge is 0.472 e. The zero-order valence-electron chi connectivity index (χ0n) is 19.0. The van der Waals surface area contributed by atoms with E-state index in [2.05, 4.69) is 14.8 Å². The first-order valence-electron chi connectivity index (χ1n) is 11.9. The Bertz CT molecular complexity index is 1240. The number of aromatic nitrogens is 3. The smallest absolute Gasteiger partial charge is 0.229 e. The molecular formula is C26H29N5O2. The average Bonchev–Trinajstić information content (AvgIpc) is 3.50. The Hall–Kier alpha value is -3.19. The molecule has 1 spiro atoms. The lowest BCUT2D eigenvalue weighted by Crippen LogP contribution is -2.49. The molecule has 7 heteroatoms. The van der Waals surface area contributed by atoms with E-state index in [4.69, 9.17) is 18.8 Å². The molecule has 0 bridgehead atoms. The number of piperidine rings is 2. The molecule has 3 aromatic heterocycles. The van der Waals surface area contributed by atoms with Crippen molar-refractivity contribution in [1.82, 2.24) is 19.9 Å². The van der Waals surface area contributed by atoms with E-state index >= 15 is 0 Å². The number of anilines is 1. The number of oxazole rings is 1. The van der Waals surface area contributed by atoms with Crippen LogP contribution in [0.4, 0.5) is 5.82 Å². The van der Waals surface area contributed by atoms with Crippen LogP contribution in [-0.4, -0.2) is 46.0 Å². The van der Waals surface area contributed by atoms with Crippen molar-refractivity contribution in [3.8, 4) is 11.5 Å². The number of hydrogen-bond donors (Lipinski definition) is 0. The molecule has 0 amide bonds. The van der Waals surface area contributed by atoms with Crippen molar-refractivity contribution in [3.05, 3.63) is 60.5 Å². The summed E-state index contributed by atoms with van der Waals surface area (Å²) in [6.45, 7) is 7.17. The van der Waals surface area contributed by atoms with E-state index in [1.54, 1.807) is 12.5 Å². The molecule has 2 fully saturated rings. The summed E-state index contributed by atoms with van der Waals surface area (Å²) in [6, 6.07) is 9.98. The number of rotatable bonds is 4. The number of aryl methyl sites for hydroxylation is 1. The van der Waals surface area contributed by atoms with Gasteiger partial charge in [0.1, 0.15) is 17.8 Å². The number of benzene rings is 1. The third kappa shape index (κ3) is 4.02. The third-order valence-corrected chi connectivity index (χ3v) is 7.36. The first-order chi connectivity index (χ1) is 16.2. The Morgan fingerprint density at radius 3 is 2.67 bits per heavy atom. The van der Waals surface area contributed by atoms with Crippen molar-refractivity contribution in [2.45, 2.75) is 39.2 Å². The number of para-hydroxylation sites is 2. The summed E-state index contributed by atoms with van der Waals surface area (Å²) in [6.07, 6.45) is 10.2. The maximum atomic E-state index is 5.91. The number of likely N-dealkylation sites (tertiary alicyclic amines) is 1. The van der Waals surface area contributed by atoms with E-state index in [1.165, 1.54) is 25.7 Å². The van der Waals surface area contributed by atoms with Gasteiger partial charge >= 0.3 is 0 Å². The lowest BCUT2D eigenvalue weighted by Gasteiger charge is -2.47. The normalized spacial score (nSPS) is 18.9. The summed E-state index contributed by atoms with van der Waals surface area (Å²) in [5.74, 6) is 2.55. The first kappa shape index (κ1) is 20.4. The van der Waals surface area contributed by atoms with Gasteiger partial charge in [-0.2, -0.15) is 0 Å². The molecule has 0 radical (unpaired) electrons. The second kappa shape index (κ2) is 8.30. The van der Waals surface area contributed by atoms with Crippen LogP contribution in [0.15, 0.2) is 57.9 Å². The van der Waals surface area contributed by atoms with Gasteiger partial charge in [0.15, 0.2) is 0 Å². The SMILES string of the molecule is Cc1oc(-c2ccoc2)nc1CN1CCCC2(CCN(c3cnc4ccccc4n3)CC2)C1. The zero-order chi connectivity index (χ0) is 22.3. The molecule has 2 aliphatic heterocycles. The third-order valence-electron chi connectivity index (χ3n) is 7.36. The summed E-state index contributed by atoms with van der Waals surface area (Å²) >= 11 is 0. The predicted octanol–water partition coefficient (Wildman–Crippen LogP) is 5.07. The van der Waals surface area contributed by atoms with Gasteiger partial charge < -0.3 is 13.7 Å². The molecule has 33 heavy (non-hydrogen) atoms. The Morgan fingerprint density at radius 2 is 1.85 bits per heavy atom. The van der Waals surface area contributed by atoms with Crippen molar-refractivity contribution in [2.24, 2.45) is 5.41 Å². The molecule has 0 atom stereocenters.